The van der Waals surface area contributed by atoms with Crippen LogP contribution in [0.25, 0.3) is 22.5 Å². The molecule has 0 aliphatic heterocycles. The third kappa shape index (κ3) is 9.34. The van der Waals surface area contributed by atoms with Crippen LogP contribution in [0.4, 0.5) is 26.3 Å². The fourth-order valence-corrected chi connectivity index (χ4v) is 6.60. The average molecular weight is 751 g/mol. The van der Waals surface area contributed by atoms with Crippen LogP contribution in [0.3, 0.4) is 0 Å². The molecule has 0 saturated carbocycles. The van der Waals surface area contributed by atoms with Crippen molar-refractivity contribution in [2.24, 2.45) is 11.3 Å². The van der Waals surface area contributed by atoms with Crippen LogP contribution in [0.2, 0.25) is 0 Å². The van der Waals surface area contributed by atoms with Crippen LogP contribution in [0.1, 0.15) is 49.7 Å². The Hall–Kier alpha value is -4.82. The summed E-state index contributed by atoms with van der Waals surface area (Å²) in [6.45, 7) is 6.00. The van der Waals surface area contributed by atoms with Crippen LogP contribution in [0, 0.1) is 33.0 Å². The molecule has 0 radical (unpaired) electrons. The SMILES string of the molecule is CC(C)(C)C1=CC(C(=N)SC(=N)c2cccc(-c3ccc(C(F)(F)F)cc3)n2)CC(C(=N)SC(=N)c2cccc(-c3ccc(C(F)(F)F)cc3)n2)=C1. The number of halogens is 6. The largest absolute Gasteiger partial charge is 0.416 e. The Morgan fingerprint density at radius 3 is 1.48 bits per heavy atom. The number of hydrogen-bond acceptors (Lipinski definition) is 8. The topological polar surface area (TPSA) is 121 Å². The van der Waals surface area contributed by atoms with E-state index in [2.05, 4.69) is 9.97 Å². The standard InChI is InChI=1S/C38H32F6N6S2/c1-36(2,3)27-19-23(32(45)51-34(47)30-8-4-6-28(49-30)21-10-14-25(15-11-21)37(39,40)41)18-24(20-27)33(46)52-35(48)31-9-5-7-29(50-31)22-12-16-26(17-13-22)38(42,43)44/h4-17,19-20,23,45-48H,18H2,1-3H3. The van der Waals surface area contributed by atoms with E-state index in [1.165, 1.54) is 24.3 Å². The van der Waals surface area contributed by atoms with Gasteiger partial charge in [0.25, 0.3) is 0 Å². The Balaban J connectivity index is 1.29. The minimum atomic E-state index is -4.47. The van der Waals surface area contributed by atoms with E-state index in [1.54, 1.807) is 36.4 Å². The van der Waals surface area contributed by atoms with Crippen LogP contribution in [-0.4, -0.2) is 30.1 Å². The van der Waals surface area contributed by atoms with Gasteiger partial charge in [-0.15, -0.1) is 0 Å². The normalized spacial score (nSPS) is 15.1. The van der Waals surface area contributed by atoms with Crippen molar-refractivity contribution in [1.29, 1.82) is 21.6 Å². The monoisotopic (exact) mass is 750 g/mol. The first kappa shape index (κ1) is 38.4. The third-order valence-electron chi connectivity index (χ3n) is 8.04. The van der Waals surface area contributed by atoms with Crippen molar-refractivity contribution in [2.75, 3.05) is 0 Å². The summed E-state index contributed by atoms with van der Waals surface area (Å²) in [7, 11) is 0. The van der Waals surface area contributed by atoms with E-state index >= 15 is 0 Å². The molecule has 2 aromatic heterocycles. The molecule has 1 atom stereocenters. The van der Waals surface area contributed by atoms with Crippen molar-refractivity contribution in [2.45, 2.75) is 39.5 Å². The molecule has 268 valence electrons. The smallest absolute Gasteiger partial charge is 0.297 e. The van der Waals surface area contributed by atoms with Gasteiger partial charge in [-0.2, -0.15) is 26.3 Å². The predicted molar refractivity (Wildman–Crippen MR) is 197 cm³/mol. The maximum atomic E-state index is 13.0. The number of pyridine rings is 2. The van der Waals surface area contributed by atoms with E-state index in [0.29, 0.717) is 28.1 Å². The lowest BCUT2D eigenvalue weighted by Gasteiger charge is -2.29. The molecular formula is C38H32F6N6S2. The van der Waals surface area contributed by atoms with E-state index in [9.17, 15) is 26.3 Å². The van der Waals surface area contributed by atoms with Gasteiger partial charge in [-0.3, -0.25) is 21.6 Å². The van der Waals surface area contributed by atoms with Gasteiger partial charge in [-0.1, -0.05) is 81.1 Å². The lowest BCUT2D eigenvalue weighted by Crippen LogP contribution is -2.21. The van der Waals surface area contributed by atoms with Crippen LogP contribution in [0.15, 0.2) is 108 Å². The molecule has 6 nitrogen and oxygen atoms in total. The highest BCUT2D eigenvalue weighted by Gasteiger charge is 2.31. The summed E-state index contributed by atoms with van der Waals surface area (Å²) in [5.41, 5.74) is 1.71. The Morgan fingerprint density at radius 1 is 0.615 bits per heavy atom. The second-order valence-corrected chi connectivity index (χ2v) is 14.9. The third-order valence-corrected chi connectivity index (χ3v) is 9.86. The number of alkyl halides is 6. The number of nitrogens with one attached hydrogen (secondary N) is 4. The lowest BCUT2D eigenvalue weighted by atomic mass is 9.79. The summed E-state index contributed by atoms with van der Waals surface area (Å²) in [4.78, 5) is 8.93. The van der Waals surface area contributed by atoms with E-state index < -0.39 is 29.4 Å². The number of nitrogens with zero attached hydrogens (tertiary/aromatic N) is 2. The molecule has 1 aliphatic carbocycles. The molecule has 52 heavy (non-hydrogen) atoms. The first-order valence-corrected chi connectivity index (χ1v) is 17.4. The van der Waals surface area contributed by atoms with Gasteiger partial charge in [0.05, 0.1) is 44.0 Å². The molecule has 1 aliphatic rings. The van der Waals surface area contributed by atoms with Gasteiger partial charge < -0.3 is 0 Å². The van der Waals surface area contributed by atoms with Gasteiger partial charge in [0.15, 0.2) is 0 Å². The van der Waals surface area contributed by atoms with Crippen LogP contribution in [0.5, 0.6) is 0 Å². The Bertz CT molecular complexity index is 2090. The number of thioether (sulfide) groups is 2. The molecule has 0 saturated heterocycles. The number of hydrogen-bond donors (Lipinski definition) is 4. The van der Waals surface area contributed by atoms with Crippen LogP contribution < -0.4 is 0 Å². The van der Waals surface area contributed by atoms with Crippen molar-refractivity contribution >= 4 is 43.7 Å². The highest BCUT2D eigenvalue weighted by molar-refractivity contribution is 8.27. The minimum absolute atomic E-state index is 0.0224. The van der Waals surface area contributed by atoms with Crippen molar-refractivity contribution in [1.82, 2.24) is 9.97 Å². The first-order chi connectivity index (χ1) is 24.3. The van der Waals surface area contributed by atoms with E-state index in [1.807, 2.05) is 32.9 Å². The second-order valence-electron chi connectivity index (χ2n) is 12.9. The molecule has 5 rings (SSSR count). The van der Waals surface area contributed by atoms with Crippen molar-refractivity contribution < 1.29 is 26.3 Å². The maximum Gasteiger partial charge on any atom is 0.416 e. The molecule has 2 aromatic carbocycles. The number of benzene rings is 2. The van der Waals surface area contributed by atoms with Gasteiger partial charge in [0, 0.05) is 17.0 Å². The minimum Gasteiger partial charge on any atom is -0.297 e. The van der Waals surface area contributed by atoms with Crippen molar-refractivity contribution in [3.05, 3.63) is 131 Å². The Kier molecular flexibility index (Phi) is 11.1. The summed E-state index contributed by atoms with van der Waals surface area (Å²) >= 11 is 1.78. The Morgan fingerprint density at radius 2 is 1.06 bits per heavy atom. The predicted octanol–water partition coefficient (Wildman–Crippen LogP) is 11.5. The average Bonchev–Trinajstić information content (AvgIpc) is 3.10. The molecule has 0 fully saturated rings. The summed E-state index contributed by atoms with van der Waals surface area (Å²) in [6, 6.07) is 18.9. The second kappa shape index (κ2) is 15.0. The summed E-state index contributed by atoms with van der Waals surface area (Å²) in [6.07, 6.45) is -4.86. The molecular weight excluding hydrogens is 719 g/mol. The highest BCUT2D eigenvalue weighted by atomic mass is 32.2. The molecule has 2 heterocycles. The maximum absolute atomic E-state index is 13.0. The van der Waals surface area contributed by atoms with E-state index in [0.717, 1.165) is 53.4 Å². The molecule has 0 spiro atoms. The molecule has 4 aromatic rings. The van der Waals surface area contributed by atoms with Gasteiger partial charge in [0.1, 0.15) is 10.1 Å². The molecule has 0 amide bonds. The van der Waals surface area contributed by atoms with Crippen molar-refractivity contribution in [3.8, 4) is 22.5 Å². The van der Waals surface area contributed by atoms with E-state index in [4.69, 9.17) is 21.6 Å². The fraction of sp³-hybridized carbons (Fsp3) is 0.211. The fourth-order valence-electron chi connectivity index (χ4n) is 5.16. The molecule has 1 unspecified atom stereocenters. The number of aromatic nitrogens is 2. The highest BCUT2D eigenvalue weighted by Crippen LogP contribution is 2.38. The quantitative estimate of drug-likeness (QED) is 0.0890. The zero-order chi connectivity index (χ0) is 38.0. The van der Waals surface area contributed by atoms with Crippen molar-refractivity contribution in [3.63, 3.8) is 0 Å². The van der Waals surface area contributed by atoms with Gasteiger partial charge in [0.2, 0.25) is 0 Å². The van der Waals surface area contributed by atoms with Crippen LogP contribution >= 0.6 is 23.5 Å². The summed E-state index contributed by atoms with van der Waals surface area (Å²) in [5, 5.41) is 35.4. The number of rotatable bonds is 6. The first-order valence-electron chi connectivity index (χ1n) is 15.7. The zero-order valence-electron chi connectivity index (χ0n) is 28.0. The van der Waals surface area contributed by atoms with Gasteiger partial charge in [-0.25, -0.2) is 9.97 Å². The lowest BCUT2D eigenvalue weighted by molar-refractivity contribution is -0.138. The zero-order valence-corrected chi connectivity index (χ0v) is 29.6. The summed E-state index contributed by atoms with van der Waals surface area (Å²) in [5.74, 6) is -0.492. The van der Waals surface area contributed by atoms with Crippen LogP contribution in [-0.2, 0) is 12.4 Å². The summed E-state index contributed by atoms with van der Waals surface area (Å²) < 4.78 is 78.2. The number of allylic oxidation sites excluding steroid dienone is 3. The van der Waals surface area contributed by atoms with Gasteiger partial charge >= 0.3 is 12.4 Å². The molecule has 4 N–H and O–H groups in total. The molecule has 14 heteroatoms. The Labute approximate surface area is 304 Å². The molecule has 0 bridgehead atoms. The van der Waals surface area contributed by atoms with E-state index in [-0.39, 0.29) is 43.4 Å². The van der Waals surface area contributed by atoms with Gasteiger partial charge in [-0.05, 0) is 83.3 Å².